The lowest BCUT2D eigenvalue weighted by Gasteiger charge is -2.25. The number of rotatable bonds is 4. The van der Waals surface area contributed by atoms with Crippen LogP contribution in [-0.2, 0) is 11.3 Å². The van der Waals surface area contributed by atoms with Crippen LogP contribution in [0.15, 0.2) is 6.07 Å². The quantitative estimate of drug-likeness (QED) is 0.764. The summed E-state index contributed by atoms with van der Waals surface area (Å²) in [5.74, 6) is 1.16. The first-order valence-electron chi connectivity index (χ1n) is 10.4. The lowest BCUT2D eigenvalue weighted by Crippen LogP contribution is -2.35. The molecule has 28 heavy (non-hydrogen) atoms. The van der Waals surface area contributed by atoms with E-state index in [0.717, 1.165) is 64.1 Å². The summed E-state index contributed by atoms with van der Waals surface area (Å²) in [4.78, 5) is 26.3. The molecule has 2 aliphatic heterocycles. The predicted molar refractivity (Wildman–Crippen MR) is 110 cm³/mol. The second-order valence-electron chi connectivity index (χ2n) is 8.47. The maximum absolute atomic E-state index is 13.4. The lowest BCUT2D eigenvalue weighted by atomic mass is 9.91. The van der Waals surface area contributed by atoms with E-state index < -0.39 is 0 Å². The van der Waals surface area contributed by atoms with Crippen molar-refractivity contribution >= 4 is 17.2 Å². The summed E-state index contributed by atoms with van der Waals surface area (Å²) in [7, 11) is 0. The van der Waals surface area contributed by atoms with Crippen molar-refractivity contribution in [1.82, 2.24) is 14.9 Å². The highest BCUT2D eigenvalue weighted by atomic mass is 32.1. The SMILES string of the molecule is Cc1nc(C)c(-c2cc3c(c(C4CCOCC4)n2)C(=O)N([C@@H](C)C2CC2)C3)s1. The molecule has 0 radical (unpaired) electrons. The number of aryl methyl sites for hydroxylation is 2. The van der Waals surface area contributed by atoms with Gasteiger partial charge in [0.25, 0.3) is 5.91 Å². The summed E-state index contributed by atoms with van der Waals surface area (Å²) in [5.41, 5.74) is 5.03. The van der Waals surface area contributed by atoms with Crippen LogP contribution in [0.2, 0.25) is 0 Å². The van der Waals surface area contributed by atoms with E-state index in [9.17, 15) is 4.79 Å². The van der Waals surface area contributed by atoms with Gasteiger partial charge in [0.2, 0.25) is 0 Å². The average molecular weight is 398 g/mol. The first-order chi connectivity index (χ1) is 13.5. The maximum atomic E-state index is 13.4. The molecule has 6 heteroatoms. The number of thiazole rings is 1. The molecule has 0 aromatic carbocycles. The third-order valence-electron chi connectivity index (χ3n) is 6.48. The molecule has 2 fully saturated rings. The lowest BCUT2D eigenvalue weighted by molar-refractivity contribution is 0.0688. The van der Waals surface area contributed by atoms with E-state index >= 15 is 0 Å². The van der Waals surface area contributed by atoms with Crippen LogP contribution in [0.4, 0.5) is 0 Å². The number of nitrogens with zero attached hydrogens (tertiary/aromatic N) is 3. The summed E-state index contributed by atoms with van der Waals surface area (Å²) in [5, 5.41) is 1.06. The van der Waals surface area contributed by atoms with Crippen LogP contribution >= 0.6 is 11.3 Å². The zero-order valence-electron chi connectivity index (χ0n) is 16.8. The Morgan fingerprint density at radius 3 is 2.57 bits per heavy atom. The van der Waals surface area contributed by atoms with Crippen molar-refractivity contribution in [2.75, 3.05) is 13.2 Å². The third-order valence-corrected chi connectivity index (χ3v) is 7.58. The van der Waals surface area contributed by atoms with E-state index in [1.807, 2.05) is 6.92 Å². The van der Waals surface area contributed by atoms with Crippen LogP contribution in [0.5, 0.6) is 0 Å². The van der Waals surface area contributed by atoms with Crippen molar-refractivity contribution in [2.24, 2.45) is 5.92 Å². The highest BCUT2D eigenvalue weighted by Gasteiger charge is 2.41. The molecule has 0 N–H and O–H groups in total. The van der Waals surface area contributed by atoms with Gasteiger partial charge in [-0.1, -0.05) is 0 Å². The molecule has 5 nitrogen and oxygen atoms in total. The molecule has 5 rings (SSSR count). The number of amides is 1. The van der Waals surface area contributed by atoms with Gasteiger partial charge in [0.05, 0.1) is 32.5 Å². The molecule has 1 atom stereocenters. The van der Waals surface area contributed by atoms with Gasteiger partial charge in [0.1, 0.15) is 0 Å². The van der Waals surface area contributed by atoms with Crippen molar-refractivity contribution < 1.29 is 9.53 Å². The monoisotopic (exact) mass is 397 g/mol. The van der Waals surface area contributed by atoms with Crippen LogP contribution in [0.3, 0.4) is 0 Å². The van der Waals surface area contributed by atoms with E-state index in [0.29, 0.717) is 24.4 Å². The van der Waals surface area contributed by atoms with E-state index in [-0.39, 0.29) is 5.91 Å². The van der Waals surface area contributed by atoms with Crippen molar-refractivity contribution in [3.05, 3.63) is 33.6 Å². The number of pyridine rings is 1. The van der Waals surface area contributed by atoms with Gasteiger partial charge < -0.3 is 9.64 Å². The summed E-state index contributed by atoms with van der Waals surface area (Å²) >= 11 is 1.69. The Bertz CT molecular complexity index is 928. The summed E-state index contributed by atoms with van der Waals surface area (Å²) in [6, 6.07) is 2.47. The van der Waals surface area contributed by atoms with Gasteiger partial charge in [-0.15, -0.1) is 11.3 Å². The Kier molecular flexibility index (Phi) is 4.51. The minimum Gasteiger partial charge on any atom is -0.381 e. The predicted octanol–water partition coefficient (Wildman–Crippen LogP) is 4.47. The van der Waals surface area contributed by atoms with Crippen LogP contribution in [0.25, 0.3) is 10.6 Å². The molecule has 0 bridgehead atoms. The maximum Gasteiger partial charge on any atom is 0.256 e. The highest BCUT2D eigenvalue weighted by Crippen LogP contribution is 2.42. The van der Waals surface area contributed by atoms with Gasteiger partial charge in [-0.05, 0) is 64.0 Å². The van der Waals surface area contributed by atoms with E-state index in [2.05, 4.69) is 29.8 Å². The number of fused-ring (bicyclic) bond motifs is 1. The van der Waals surface area contributed by atoms with Gasteiger partial charge in [-0.2, -0.15) is 0 Å². The Balaban J connectivity index is 1.60. The van der Waals surface area contributed by atoms with Crippen LogP contribution in [0.1, 0.15) is 70.8 Å². The zero-order valence-corrected chi connectivity index (χ0v) is 17.6. The molecular weight excluding hydrogens is 370 g/mol. The zero-order chi connectivity index (χ0) is 19.4. The molecule has 2 aromatic heterocycles. The largest absolute Gasteiger partial charge is 0.381 e. The number of aromatic nitrogens is 2. The fourth-order valence-corrected chi connectivity index (χ4v) is 5.58. The number of hydrogen-bond donors (Lipinski definition) is 0. The minimum atomic E-state index is 0.187. The molecular formula is C22H27N3O2S. The molecule has 0 unspecified atom stereocenters. The van der Waals surface area contributed by atoms with Gasteiger partial charge >= 0.3 is 0 Å². The Labute approximate surface area is 170 Å². The van der Waals surface area contributed by atoms with Gasteiger partial charge in [0.15, 0.2) is 0 Å². The number of carbonyl (C=O) groups is 1. The first-order valence-corrected chi connectivity index (χ1v) is 11.2. The summed E-state index contributed by atoms with van der Waals surface area (Å²) < 4.78 is 5.57. The third kappa shape index (κ3) is 3.07. The van der Waals surface area contributed by atoms with E-state index in [1.165, 1.54) is 12.8 Å². The highest BCUT2D eigenvalue weighted by molar-refractivity contribution is 7.15. The van der Waals surface area contributed by atoms with Gasteiger partial charge in [-0.25, -0.2) is 4.98 Å². The van der Waals surface area contributed by atoms with Gasteiger partial charge in [-0.3, -0.25) is 9.78 Å². The molecule has 0 spiro atoms. The molecule has 148 valence electrons. The fraction of sp³-hybridized carbons (Fsp3) is 0.591. The first kappa shape index (κ1) is 18.3. The van der Waals surface area contributed by atoms with Crippen molar-refractivity contribution in [2.45, 2.75) is 65.0 Å². The van der Waals surface area contributed by atoms with E-state index in [4.69, 9.17) is 9.72 Å². The Hall–Kier alpha value is -1.79. The summed E-state index contributed by atoms with van der Waals surface area (Å²) in [6.07, 6.45) is 4.37. The van der Waals surface area contributed by atoms with E-state index in [1.54, 1.807) is 11.3 Å². The molecule has 2 aromatic rings. The minimum absolute atomic E-state index is 0.187. The standard InChI is InChI=1S/C22H27N3O2S/c1-12-21(28-14(3)23-12)18-10-17-11-25(13(2)15-4-5-15)22(26)19(17)20(24-18)16-6-8-27-9-7-16/h10,13,15-16H,4-9,11H2,1-3H3/t13-/m0/s1. The average Bonchev–Trinajstić information content (AvgIpc) is 3.42. The van der Waals surface area contributed by atoms with Crippen LogP contribution in [0, 0.1) is 19.8 Å². The smallest absolute Gasteiger partial charge is 0.256 e. The molecule has 1 saturated heterocycles. The summed E-state index contributed by atoms with van der Waals surface area (Å²) in [6.45, 7) is 8.51. The normalized spacial score (nSPS) is 21.2. The van der Waals surface area contributed by atoms with Crippen LogP contribution < -0.4 is 0 Å². The Morgan fingerprint density at radius 1 is 1.18 bits per heavy atom. The second-order valence-corrected chi connectivity index (χ2v) is 9.68. The van der Waals surface area contributed by atoms with Gasteiger partial charge in [0, 0.05) is 31.7 Å². The van der Waals surface area contributed by atoms with Crippen molar-refractivity contribution in [3.63, 3.8) is 0 Å². The fourth-order valence-electron chi connectivity index (χ4n) is 4.70. The number of carbonyl (C=O) groups excluding carboxylic acids is 1. The second kappa shape index (κ2) is 6.92. The van der Waals surface area contributed by atoms with Crippen LogP contribution in [-0.4, -0.2) is 40.0 Å². The molecule has 1 aliphatic carbocycles. The topological polar surface area (TPSA) is 55.3 Å². The molecule has 3 aliphatic rings. The Morgan fingerprint density at radius 2 is 1.93 bits per heavy atom. The number of hydrogen-bond acceptors (Lipinski definition) is 5. The molecule has 4 heterocycles. The van der Waals surface area contributed by atoms with Crippen molar-refractivity contribution in [3.8, 4) is 10.6 Å². The number of ether oxygens (including phenoxy) is 1. The van der Waals surface area contributed by atoms with Crippen molar-refractivity contribution in [1.29, 1.82) is 0 Å². The molecule has 1 saturated carbocycles. The molecule has 1 amide bonds.